The third kappa shape index (κ3) is 5.07. The van der Waals surface area contributed by atoms with Crippen LogP contribution in [-0.2, 0) is 9.22 Å². The number of benzene rings is 1. The van der Waals surface area contributed by atoms with Crippen LogP contribution in [0, 0.1) is 0 Å². The lowest BCUT2D eigenvalue weighted by Gasteiger charge is -2.01. The maximum absolute atomic E-state index is 4.89. The minimum absolute atomic E-state index is 0.0904. The van der Waals surface area contributed by atoms with Gasteiger partial charge in [-0.05, 0) is 25.5 Å². The van der Waals surface area contributed by atoms with Crippen molar-refractivity contribution < 1.29 is 9.22 Å². The van der Waals surface area contributed by atoms with Gasteiger partial charge in [0.2, 0.25) is 0 Å². The highest BCUT2D eigenvalue weighted by molar-refractivity contribution is 7.97. The Morgan fingerprint density at radius 1 is 1.21 bits per heavy atom. The Balaban J connectivity index is 2.21. The summed E-state index contributed by atoms with van der Waals surface area (Å²) in [4.78, 5) is 4.89. The molecule has 0 aliphatic rings. The van der Waals surface area contributed by atoms with E-state index in [1.54, 1.807) is 0 Å². The lowest BCUT2D eigenvalue weighted by Crippen LogP contribution is -1.98. The van der Waals surface area contributed by atoms with Crippen molar-refractivity contribution in [2.75, 3.05) is 0 Å². The van der Waals surface area contributed by atoms with E-state index >= 15 is 0 Å². The van der Waals surface area contributed by atoms with Gasteiger partial charge in [-0.1, -0.05) is 30.3 Å². The van der Waals surface area contributed by atoms with Gasteiger partial charge in [-0.3, -0.25) is 0 Å². The van der Waals surface area contributed by atoms with E-state index < -0.39 is 0 Å². The van der Waals surface area contributed by atoms with Crippen LogP contribution in [0.25, 0.3) is 6.08 Å². The van der Waals surface area contributed by atoms with E-state index in [9.17, 15) is 0 Å². The van der Waals surface area contributed by atoms with Crippen LogP contribution < -0.4 is 0 Å². The van der Waals surface area contributed by atoms with Gasteiger partial charge in [0.15, 0.2) is 0 Å². The van der Waals surface area contributed by atoms with Crippen molar-refractivity contribution in [2.24, 2.45) is 0 Å². The Morgan fingerprint density at radius 2 is 1.93 bits per heavy atom. The molecule has 0 radical (unpaired) electrons. The first-order valence-electron chi connectivity index (χ1n) is 4.49. The SMILES string of the molecule is CC(C)OOSC=Cc1ccccc1. The molecule has 1 aromatic rings. The van der Waals surface area contributed by atoms with Gasteiger partial charge < -0.3 is 0 Å². The topological polar surface area (TPSA) is 18.5 Å². The molecule has 3 heteroatoms. The maximum Gasteiger partial charge on any atom is 0.0886 e. The summed E-state index contributed by atoms with van der Waals surface area (Å²) in [6.45, 7) is 3.84. The van der Waals surface area contributed by atoms with Crippen LogP contribution in [0.4, 0.5) is 0 Å². The zero-order valence-corrected chi connectivity index (χ0v) is 9.16. The predicted molar refractivity (Wildman–Crippen MR) is 60.4 cm³/mol. The average molecular weight is 210 g/mol. The Bertz CT molecular complexity index is 270. The first-order valence-corrected chi connectivity index (χ1v) is 5.30. The van der Waals surface area contributed by atoms with Gasteiger partial charge in [-0.2, -0.15) is 4.33 Å². The predicted octanol–water partition coefficient (Wildman–Crippen LogP) is 3.66. The third-order valence-electron chi connectivity index (χ3n) is 1.39. The summed E-state index contributed by atoms with van der Waals surface area (Å²) in [7, 11) is 0. The van der Waals surface area contributed by atoms with E-state index in [1.807, 2.05) is 55.7 Å². The van der Waals surface area contributed by atoms with Crippen LogP contribution in [0.3, 0.4) is 0 Å². The second kappa shape index (κ2) is 6.65. The molecule has 0 atom stereocenters. The molecule has 0 saturated heterocycles. The van der Waals surface area contributed by atoms with E-state index in [2.05, 4.69) is 0 Å². The second-order valence-electron chi connectivity index (χ2n) is 3.02. The largest absolute Gasteiger partial charge is 0.221 e. The fourth-order valence-electron chi connectivity index (χ4n) is 0.794. The van der Waals surface area contributed by atoms with E-state index in [0.717, 1.165) is 5.56 Å². The Kier molecular flexibility index (Phi) is 5.37. The van der Waals surface area contributed by atoms with Gasteiger partial charge in [0, 0.05) is 5.41 Å². The van der Waals surface area contributed by atoms with Gasteiger partial charge >= 0.3 is 0 Å². The van der Waals surface area contributed by atoms with E-state index in [-0.39, 0.29) is 6.10 Å². The molecule has 0 aliphatic heterocycles. The van der Waals surface area contributed by atoms with E-state index in [1.165, 1.54) is 12.0 Å². The molecular formula is C11H14O2S. The van der Waals surface area contributed by atoms with Crippen LogP contribution in [0.15, 0.2) is 35.7 Å². The number of rotatable bonds is 5. The van der Waals surface area contributed by atoms with E-state index in [0.29, 0.717) is 0 Å². The van der Waals surface area contributed by atoms with Crippen LogP contribution in [0.5, 0.6) is 0 Å². The quantitative estimate of drug-likeness (QED) is 0.320. The van der Waals surface area contributed by atoms with Gasteiger partial charge in [0.05, 0.1) is 18.1 Å². The Morgan fingerprint density at radius 3 is 2.57 bits per heavy atom. The standard InChI is InChI=1S/C11H14O2S/c1-10(2)12-13-14-9-8-11-6-4-3-5-7-11/h3-10H,1-2H3. The molecule has 0 spiro atoms. The fourth-order valence-corrected chi connectivity index (χ4v) is 1.25. The smallest absolute Gasteiger partial charge is 0.0886 e. The summed E-state index contributed by atoms with van der Waals surface area (Å²) in [6, 6.07) is 10.0. The maximum atomic E-state index is 4.89. The van der Waals surface area contributed by atoms with Gasteiger partial charge in [0.25, 0.3) is 0 Å². The van der Waals surface area contributed by atoms with Crippen molar-refractivity contribution >= 4 is 18.1 Å². The van der Waals surface area contributed by atoms with Crippen molar-refractivity contribution in [3.63, 3.8) is 0 Å². The van der Waals surface area contributed by atoms with Gasteiger partial charge in [-0.25, -0.2) is 4.89 Å². The molecule has 0 heterocycles. The zero-order valence-electron chi connectivity index (χ0n) is 8.34. The molecule has 0 N–H and O–H groups in total. The second-order valence-corrected chi connectivity index (χ2v) is 3.62. The van der Waals surface area contributed by atoms with E-state index in [4.69, 9.17) is 9.22 Å². The summed E-state index contributed by atoms with van der Waals surface area (Å²) >= 11 is 1.17. The molecule has 14 heavy (non-hydrogen) atoms. The molecule has 1 aromatic carbocycles. The highest BCUT2D eigenvalue weighted by atomic mass is 32.2. The molecule has 76 valence electrons. The third-order valence-corrected chi connectivity index (χ3v) is 1.79. The molecule has 0 amide bonds. The minimum atomic E-state index is 0.0904. The van der Waals surface area contributed by atoms with Crippen molar-refractivity contribution in [2.45, 2.75) is 20.0 Å². The molecule has 2 nitrogen and oxygen atoms in total. The molecule has 0 saturated carbocycles. The lowest BCUT2D eigenvalue weighted by atomic mass is 10.2. The van der Waals surface area contributed by atoms with Crippen LogP contribution in [-0.4, -0.2) is 6.10 Å². The Labute approximate surface area is 89.1 Å². The van der Waals surface area contributed by atoms with Crippen LogP contribution in [0.1, 0.15) is 19.4 Å². The Hall–Kier alpha value is -0.770. The number of hydrogen-bond acceptors (Lipinski definition) is 3. The monoisotopic (exact) mass is 210 g/mol. The van der Waals surface area contributed by atoms with Crippen molar-refractivity contribution in [1.29, 1.82) is 0 Å². The minimum Gasteiger partial charge on any atom is -0.221 e. The molecule has 0 bridgehead atoms. The summed E-state index contributed by atoms with van der Waals surface area (Å²) in [5.74, 6) is 0. The average Bonchev–Trinajstić information content (AvgIpc) is 2.18. The summed E-state index contributed by atoms with van der Waals surface area (Å²) in [5, 5.41) is 1.84. The van der Waals surface area contributed by atoms with Crippen molar-refractivity contribution in [1.82, 2.24) is 0 Å². The lowest BCUT2D eigenvalue weighted by molar-refractivity contribution is -0.219. The van der Waals surface area contributed by atoms with Crippen molar-refractivity contribution in [3.8, 4) is 0 Å². The molecule has 1 rings (SSSR count). The molecular weight excluding hydrogens is 196 g/mol. The highest BCUT2D eigenvalue weighted by Crippen LogP contribution is 2.10. The first-order chi connectivity index (χ1) is 6.79. The zero-order chi connectivity index (χ0) is 10.2. The molecule has 0 aromatic heterocycles. The van der Waals surface area contributed by atoms with Crippen molar-refractivity contribution in [3.05, 3.63) is 41.3 Å². The van der Waals surface area contributed by atoms with Crippen LogP contribution >= 0.6 is 12.0 Å². The summed E-state index contributed by atoms with van der Waals surface area (Å²) < 4.78 is 4.85. The van der Waals surface area contributed by atoms with Gasteiger partial charge in [0.1, 0.15) is 0 Å². The normalized spacial score (nSPS) is 11.4. The van der Waals surface area contributed by atoms with Crippen LogP contribution in [0.2, 0.25) is 0 Å². The highest BCUT2D eigenvalue weighted by Gasteiger charge is 1.91. The molecule has 0 fully saturated rings. The first kappa shape index (κ1) is 11.3. The number of hydrogen-bond donors (Lipinski definition) is 0. The summed E-state index contributed by atoms with van der Waals surface area (Å²) in [6.07, 6.45) is 2.06. The molecule has 0 aliphatic carbocycles. The van der Waals surface area contributed by atoms with Gasteiger partial charge in [-0.15, -0.1) is 0 Å². The molecule has 0 unspecified atom stereocenters. The fraction of sp³-hybridized carbons (Fsp3) is 0.273. The summed E-state index contributed by atoms with van der Waals surface area (Å²) in [5.41, 5.74) is 1.15.